The minimum absolute atomic E-state index is 0. The normalized spacial score (nSPS) is 14.1. The fraction of sp³-hybridized carbons (Fsp3) is 0.500. The van der Waals surface area contributed by atoms with Gasteiger partial charge in [0.15, 0.2) is 0 Å². The van der Waals surface area contributed by atoms with Crippen LogP contribution in [-0.4, -0.2) is 12.2 Å². The second-order valence-electron chi connectivity index (χ2n) is 4.07. The Hall–Kier alpha value is -0.000000000000000111. The summed E-state index contributed by atoms with van der Waals surface area (Å²) in [4.78, 5) is 0. The topological polar surface area (TPSA) is 32.3 Å². The molecule has 0 atom stereocenters. The van der Waals surface area contributed by atoms with Crippen molar-refractivity contribution in [3.05, 3.63) is 26.3 Å². The monoisotopic (exact) mass is 353 g/mol. The van der Waals surface area contributed by atoms with Gasteiger partial charge in [-0.05, 0) is 66.4 Å². The third kappa shape index (κ3) is 2.63. The van der Waals surface area contributed by atoms with E-state index in [1.165, 1.54) is 30.4 Å². The van der Waals surface area contributed by atoms with Gasteiger partial charge in [0.1, 0.15) is 5.75 Å². The van der Waals surface area contributed by atoms with Crippen molar-refractivity contribution in [3.8, 4) is 5.75 Å². The summed E-state index contributed by atoms with van der Waals surface area (Å²) in [6.07, 6.45) is 4.84. The highest BCUT2D eigenvalue weighted by Gasteiger charge is 2.17. The molecule has 16 heavy (non-hydrogen) atoms. The van der Waals surface area contributed by atoms with E-state index in [9.17, 15) is 5.11 Å². The van der Waals surface area contributed by atoms with E-state index in [4.69, 9.17) is 0 Å². The van der Waals surface area contributed by atoms with Crippen LogP contribution in [0.5, 0.6) is 5.75 Å². The maximum absolute atomic E-state index is 10.0. The van der Waals surface area contributed by atoms with Crippen molar-refractivity contribution < 1.29 is 5.11 Å². The van der Waals surface area contributed by atoms with E-state index in [0.717, 1.165) is 22.1 Å². The lowest BCUT2D eigenvalue weighted by atomic mass is 9.90. The summed E-state index contributed by atoms with van der Waals surface area (Å²) in [7, 11) is 1.91. The molecule has 1 aromatic rings. The van der Waals surface area contributed by atoms with Crippen molar-refractivity contribution in [2.45, 2.75) is 32.2 Å². The molecule has 1 aliphatic rings. The predicted octanol–water partition coefficient (Wildman–Crippen LogP) is 3.02. The second kappa shape index (κ2) is 6.07. The first-order valence-corrected chi connectivity index (χ1v) is 6.48. The Morgan fingerprint density at radius 2 is 2.06 bits per heavy atom. The van der Waals surface area contributed by atoms with Crippen molar-refractivity contribution in [1.82, 2.24) is 5.32 Å². The summed E-state index contributed by atoms with van der Waals surface area (Å²) in [5.41, 5.74) is 3.84. The molecular weight excluding hydrogens is 336 g/mol. The fourth-order valence-electron chi connectivity index (χ4n) is 2.23. The number of fused-ring (bicyclic) bond motifs is 1. The van der Waals surface area contributed by atoms with Crippen molar-refractivity contribution in [2.75, 3.05) is 7.05 Å². The van der Waals surface area contributed by atoms with Gasteiger partial charge in [0.05, 0.1) is 3.57 Å². The van der Waals surface area contributed by atoms with Gasteiger partial charge in [-0.15, -0.1) is 12.4 Å². The lowest BCUT2D eigenvalue weighted by Gasteiger charge is -2.20. The Bertz CT molecular complexity index is 382. The first-order valence-electron chi connectivity index (χ1n) is 5.40. The Balaban J connectivity index is 0.00000128. The van der Waals surface area contributed by atoms with E-state index in [1.807, 2.05) is 7.05 Å². The highest BCUT2D eigenvalue weighted by Crippen LogP contribution is 2.34. The van der Waals surface area contributed by atoms with E-state index in [0.29, 0.717) is 5.75 Å². The number of phenols is 1. The molecule has 0 saturated carbocycles. The molecule has 1 aliphatic carbocycles. The molecule has 0 saturated heterocycles. The van der Waals surface area contributed by atoms with Gasteiger partial charge in [0, 0.05) is 12.1 Å². The zero-order valence-corrected chi connectivity index (χ0v) is 12.3. The summed E-state index contributed by atoms with van der Waals surface area (Å²) >= 11 is 2.28. The number of nitrogens with one attached hydrogen (secondary N) is 1. The Kier molecular flexibility index (Phi) is 5.34. The van der Waals surface area contributed by atoms with Crippen LogP contribution in [-0.2, 0) is 19.4 Å². The summed E-state index contributed by atoms with van der Waals surface area (Å²) in [5.74, 6) is 0.477. The van der Waals surface area contributed by atoms with E-state index in [-0.39, 0.29) is 12.4 Å². The summed E-state index contributed by atoms with van der Waals surface area (Å²) in [5, 5.41) is 13.1. The van der Waals surface area contributed by atoms with E-state index >= 15 is 0 Å². The van der Waals surface area contributed by atoms with Crippen LogP contribution in [0.4, 0.5) is 0 Å². The van der Waals surface area contributed by atoms with Gasteiger partial charge in [-0.3, -0.25) is 0 Å². The molecule has 1 aromatic carbocycles. The average molecular weight is 354 g/mol. The number of halogens is 2. The van der Waals surface area contributed by atoms with Gasteiger partial charge < -0.3 is 10.4 Å². The quantitative estimate of drug-likeness (QED) is 0.801. The number of phenolic OH excluding ortho intramolecular Hbond substituents is 1. The second-order valence-corrected chi connectivity index (χ2v) is 5.15. The number of aromatic hydroxyl groups is 1. The molecule has 2 N–H and O–H groups in total. The zero-order valence-electron chi connectivity index (χ0n) is 9.35. The summed E-state index contributed by atoms with van der Waals surface area (Å²) < 4.78 is 1.06. The first kappa shape index (κ1) is 14.1. The molecule has 2 rings (SSSR count). The first-order chi connectivity index (χ1) is 7.24. The van der Waals surface area contributed by atoms with Gasteiger partial charge >= 0.3 is 0 Å². The molecule has 4 heteroatoms. The largest absolute Gasteiger partial charge is 0.506 e. The molecular formula is C12H17ClINO. The third-order valence-electron chi connectivity index (χ3n) is 3.00. The third-order valence-corrected chi connectivity index (χ3v) is 4.17. The SMILES string of the molecule is CNCc1cc2c(c(I)c1O)CCCC2.Cl. The maximum atomic E-state index is 10.0. The lowest BCUT2D eigenvalue weighted by Crippen LogP contribution is -2.10. The number of hydrogen-bond donors (Lipinski definition) is 2. The smallest absolute Gasteiger partial charge is 0.133 e. The Morgan fingerprint density at radius 3 is 2.75 bits per heavy atom. The molecule has 0 bridgehead atoms. The van der Waals surface area contributed by atoms with Gasteiger partial charge in [-0.25, -0.2) is 0 Å². The highest BCUT2D eigenvalue weighted by atomic mass is 127. The van der Waals surface area contributed by atoms with Crippen LogP contribution in [0.15, 0.2) is 6.07 Å². The van der Waals surface area contributed by atoms with E-state index < -0.39 is 0 Å². The van der Waals surface area contributed by atoms with Gasteiger partial charge in [-0.1, -0.05) is 6.07 Å². The average Bonchev–Trinajstić information content (AvgIpc) is 2.26. The van der Waals surface area contributed by atoms with Crippen LogP contribution < -0.4 is 5.32 Å². The maximum Gasteiger partial charge on any atom is 0.133 e. The molecule has 2 nitrogen and oxygen atoms in total. The van der Waals surface area contributed by atoms with Crippen LogP contribution in [0.25, 0.3) is 0 Å². The van der Waals surface area contributed by atoms with Crippen molar-refractivity contribution in [3.63, 3.8) is 0 Å². The van der Waals surface area contributed by atoms with Gasteiger partial charge in [0.2, 0.25) is 0 Å². The highest BCUT2D eigenvalue weighted by molar-refractivity contribution is 14.1. The number of hydrogen-bond acceptors (Lipinski definition) is 2. The van der Waals surface area contributed by atoms with Crippen LogP contribution in [0, 0.1) is 3.57 Å². The fourth-order valence-corrected chi connectivity index (χ4v) is 3.19. The number of rotatable bonds is 2. The Labute approximate surface area is 116 Å². The van der Waals surface area contributed by atoms with Crippen LogP contribution in [0.3, 0.4) is 0 Å². The molecule has 0 fully saturated rings. The van der Waals surface area contributed by atoms with Crippen LogP contribution >= 0.6 is 35.0 Å². The van der Waals surface area contributed by atoms with Gasteiger partial charge in [0.25, 0.3) is 0 Å². The predicted molar refractivity (Wildman–Crippen MR) is 77.5 cm³/mol. The molecule has 0 aliphatic heterocycles. The minimum atomic E-state index is 0. The van der Waals surface area contributed by atoms with Crippen molar-refractivity contribution in [1.29, 1.82) is 0 Å². The number of benzene rings is 1. The standard InChI is InChI=1S/C12H16INO.ClH/c1-14-7-9-6-8-4-2-3-5-10(8)11(13)12(9)15;/h6,14-15H,2-5,7H2,1H3;1H. The van der Waals surface area contributed by atoms with Crippen LogP contribution in [0.1, 0.15) is 29.5 Å². The summed E-state index contributed by atoms with van der Waals surface area (Å²) in [6.45, 7) is 0.745. The van der Waals surface area contributed by atoms with E-state index in [2.05, 4.69) is 34.0 Å². The van der Waals surface area contributed by atoms with E-state index in [1.54, 1.807) is 0 Å². The molecule has 0 spiro atoms. The molecule has 0 unspecified atom stereocenters. The van der Waals surface area contributed by atoms with Crippen molar-refractivity contribution >= 4 is 35.0 Å². The number of aryl methyl sites for hydroxylation is 1. The van der Waals surface area contributed by atoms with Crippen molar-refractivity contribution in [2.24, 2.45) is 0 Å². The molecule has 90 valence electrons. The zero-order chi connectivity index (χ0) is 10.8. The Morgan fingerprint density at radius 1 is 1.38 bits per heavy atom. The molecule has 0 radical (unpaired) electrons. The van der Waals surface area contributed by atoms with Gasteiger partial charge in [-0.2, -0.15) is 0 Å². The minimum Gasteiger partial charge on any atom is -0.506 e. The molecule has 0 heterocycles. The molecule has 0 amide bonds. The lowest BCUT2D eigenvalue weighted by molar-refractivity contribution is 0.459. The summed E-state index contributed by atoms with van der Waals surface area (Å²) in [6, 6.07) is 2.17. The molecule has 0 aromatic heterocycles. The van der Waals surface area contributed by atoms with Crippen LogP contribution in [0.2, 0.25) is 0 Å².